The molecule has 17 heavy (non-hydrogen) atoms. The number of nitrogens with zero attached hydrogens (tertiary/aromatic N) is 1. The number of benzene rings is 1. The van der Waals surface area contributed by atoms with Crippen molar-refractivity contribution in [1.82, 2.24) is 0 Å². The van der Waals surface area contributed by atoms with E-state index < -0.39 is 16.4 Å². The zero-order valence-corrected chi connectivity index (χ0v) is 9.68. The number of nitro groups is 1. The van der Waals surface area contributed by atoms with Gasteiger partial charge in [-0.05, 0) is 24.6 Å². The van der Waals surface area contributed by atoms with Gasteiger partial charge in [0.25, 0.3) is 0 Å². The van der Waals surface area contributed by atoms with Crippen molar-refractivity contribution < 1.29 is 18.8 Å². The Kier molecular flexibility index (Phi) is 4.99. The summed E-state index contributed by atoms with van der Waals surface area (Å²) in [5.41, 5.74) is 0.0229. The number of methoxy groups -OCH3 is 1. The number of nitro benzene ring substituents is 1. The van der Waals surface area contributed by atoms with Crippen molar-refractivity contribution in [3.05, 3.63) is 39.7 Å². The molecule has 0 saturated carbocycles. The van der Waals surface area contributed by atoms with Crippen LogP contribution in [-0.4, -0.2) is 24.7 Å². The highest BCUT2D eigenvalue weighted by Crippen LogP contribution is 2.18. The van der Waals surface area contributed by atoms with Crippen LogP contribution in [0.3, 0.4) is 0 Å². The molecule has 1 rings (SSSR count). The first-order valence-electron chi connectivity index (χ1n) is 5.08. The molecule has 1 aromatic carbocycles. The van der Waals surface area contributed by atoms with Crippen molar-refractivity contribution in [3.63, 3.8) is 0 Å². The summed E-state index contributed by atoms with van der Waals surface area (Å²) >= 11 is 0. The second kappa shape index (κ2) is 6.27. The summed E-state index contributed by atoms with van der Waals surface area (Å²) < 4.78 is 23.5. The van der Waals surface area contributed by atoms with Gasteiger partial charge in [-0.15, -0.1) is 0 Å². The molecule has 1 atom stereocenters. The van der Waals surface area contributed by atoms with Crippen LogP contribution in [0.25, 0.3) is 0 Å². The fourth-order valence-corrected chi connectivity index (χ4v) is 1.31. The van der Waals surface area contributed by atoms with Crippen LogP contribution in [0.2, 0.25) is 0 Å². The molecule has 0 heterocycles. The largest absolute Gasteiger partial charge is 0.382 e. The number of rotatable bonds is 6. The van der Waals surface area contributed by atoms with Gasteiger partial charge >= 0.3 is 5.69 Å². The molecule has 0 aromatic heterocycles. The molecule has 0 aliphatic heterocycles. The minimum absolute atomic E-state index is 0.113. The van der Waals surface area contributed by atoms with E-state index in [9.17, 15) is 14.5 Å². The van der Waals surface area contributed by atoms with E-state index in [-0.39, 0.29) is 12.7 Å². The Morgan fingerprint density at radius 3 is 2.76 bits per heavy atom. The average molecular weight is 243 g/mol. The average Bonchev–Trinajstić information content (AvgIpc) is 2.26. The molecule has 0 N–H and O–H groups in total. The molecule has 0 saturated heterocycles. The molecule has 0 spiro atoms. The second-order valence-corrected chi connectivity index (χ2v) is 3.62. The fraction of sp³-hybridized carbons (Fsp3) is 0.455. The minimum atomic E-state index is -0.851. The topological polar surface area (TPSA) is 61.6 Å². The van der Waals surface area contributed by atoms with E-state index in [0.717, 1.165) is 12.1 Å². The lowest BCUT2D eigenvalue weighted by Crippen LogP contribution is -2.14. The van der Waals surface area contributed by atoms with Gasteiger partial charge in [0.15, 0.2) is 0 Å². The Balaban J connectivity index is 2.62. The summed E-state index contributed by atoms with van der Waals surface area (Å²) in [5, 5.41) is 10.4. The van der Waals surface area contributed by atoms with Gasteiger partial charge in [0, 0.05) is 13.2 Å². The molecule has 94 valence electrons. The minimum Gasteiger partial charge on any atom is -0.382 e. The summed E-state index contributed by atoms with van der Waals surface area (Å²) in [5.74, 6) is -0.851. The first-order valence-corrected chi connectivity index (χ1v) is 5.08. The van der Waals surface area contributed by atoms with Crippen molar-refractivity contribution in [3.8, 4) is 0 Å². The molecule has 0 radical (unpaired) electrons. The van der Waals surface area contributed by atoms with Crippen LogP contribution >= 0.6 is 0 Å². The van der Waals surface area contributed by atoms with E-state index in [0.29, 0.717) is 12.2 Å². The van der Waals surface area contributed by atoms with Crippen LogP contribution in [-0.2, 0) is 16.1 Å². The Bertz CT molecular complexity index is 397. The highest BCUT2D eigenvalue weighted by molar-refractivity contribution is 5.34. The predicted octanol–water partition coefficient (Wildman–Crippen LogP) is 2.29. The van der Waals surface area contributed by atoms with E-state index in [2.05, 4.69) is 0 Å². The lowest BCUT2D eigenvalue weighted by Gasteiger charge is -2.11. The standard InChI is InChI=1S/C11H14FNO4/c1-8(6-16-2)17-7-9-3-4-11(13(14)15)10(12)5-9/h3-5,8H,6-7H2,1-2H3. The number of ether oxygens (including phenoxy) is 2. The molecule has 6 heteroatoms. The highest BCUT2D eigenvalue weighted by atomic mass is 19.1. The van der Waals surface area contributed by atoms with Crippen LogP contribution in [0.5, 0.6) is 0 Å². The maximum absolute atomic E-state index is 13.3. The van der Waals surface area contributed by atoms with Gasteiger partial charge < -0.3 is 9.47 Å². The Morgan fingerprint density at radius 1 is 1.53 bits per heavy atom. The number of hydrogen-bond acceptors (Lipinski definition) is 4. The molecule has 0 amide bonds. The van der Waals surface area contributed by atoms with Crippen LogP contribution in [0.1, 0.15) is 12.5 Å². The summed E-state index contributed by atoms with van der Waals surface area (Å²) in [6, 6.07) is 3.72. The summed E-state index contributed by atoms with van der Waals surface area (Å²) in [6.07, 6.45) is -0.113. The third-order valence-corrected chi connectivity index (χ3v) is 2.14. The van der Waals surface area contributed by atoms with Crippen LogP contribution in [0, 0.1) is 15.9 Å². The lowest BCUT2D eigenvalue weighted by atomic mass is 10.2. The lowest BCUT2D eigenvalue weighted by molar-refractivity contribution is -0.387. The van der Waals surface area contributed by atoms with Gasteiger partial charge in [-0.2, -0.15) is 4.39 Å². The molecule has 0 aliphatic rings. The third kappa shape index (κ3) is 4.08. The smallest absolute Gasteiger partial charge is 0.304 e. The van der Waals surface area contributed by atoms with Crippen molar-refractivity contribution >= 4 is 5.69 Å². The maximum atomic E-state index is 13.3. The maximum Gasteiger partial charge on any atom is 0.304 e. The first-order chi connectivity index (χ1) is 8.04. The van der Waals surface area contributed by atoms with Gasteiger partial charge in [-0.1, -0.05) is 0 Å². The highest BCUT2D eigenvalue weighted by Gasteiger charge is 2.14. The Hall–Kier alpha value is -1.53. The molecule has 0 aliphatic carbocycles. The molecular weight excluding hydrogens is 229 g/mol. The third-order valence-electron chi connectivity index (χ3n) is 2.14. The van der Waals surface area contributed by atoms with Crippen molar-refractivity contribution in [2.75, 3.05) is 13.7 Å². The molecule has 0 bridgehead atoms. The van der Waals surface area contributed by atoms with E-state index >= 15 is 0 Å². The zero-order valence-electron chi connectivity index (χ0n) is 9.68. The molecule has 1 aromatic rings. The Morgan fingerprint density at radius 2 is 2.24 bits per heavy atom. The van der Waals surface area contributed by atoms with Gasteiger partial charge in [0.2, 0.25) is 5.82 Å². The monoisotopic (exact) mass is 243 g/mol. The van der Waals surface area contributed by atoms with Crippen molar-refractivity contribution in [1.29, 1.82) is 0 Å². The molecule has 0 fully saturated rings. The van der Waals surface area contributed by atoms with Crippen LogP contribution in [0.15, 0.2) is 18.2 Å². The van der Waals surface area contributed by atoms with Gasteiger partial charge in [0.1, 0.15) is 0 Å². The van der Waals surface area contributed by atoms with Crippen LogP contribution < -0.4 is 0 Å². The van der Waals surface area contributed by atoms with Crippen LogP contribution in [0.4, 0.5) is 10.1 Å². The number of halogens is 1. The Labute approximate surface area is 98.3 Å². The van der Waals surface area contributed by atoms with Gasteiger partial charge in [-0.3, -0.25) is 10.1 Å². The summed E-state index contributed by atoms with van der Waals surface area (Å²) in [7, 11) is 1.56. The zero-order chi connectivity index (χ0) is 12.8. The molecule has 5 nitrogen and oxygen atoms in total. The number of hydrogen-bond donors (Lipinski definition) is 0. The van der Waals surface area contributed by atoms with Crippen molar-refractivity contribution in [2.45, 2.75) is 19.6 Å². The van der Waals surface area contributed by atoms with E-state index in [4.69, 9.17) is 9.47 Å². The summed E-state index contributed by atoms with van der Waals surface area (Å²) in [6.45, 7) is 2.46. The summed E-state index contributed by atoms with van der Waals surface area (Å²) in [4.78, 5) is 9.65. The predicted molar refractivity (Wildman–Crippen MR) is 59.2 cm³/mol. The van der Waals surface area contributed by atoms with E-state index in [1.54, 1.807) is 7.11 Å². The van der Waals surface area contributed by atoms with E-state index in [1.807, 2.05) is 6.92 Å². The SMILES string of the molecule is COCC(C)OCc1ccc([N+](=O)[O-])c(F)c1. The molecule has 1 unspecified atom stereocenters. The van der Waals surface area contributed by atoms with Gasteiger partial charge in [-0.25, -0.2) is 0 Å². The quantitative estimate of drug-likeness (QED) is 0.568. The second-order valence-electron chi connectivity index (χ2n) is 3.62. The fourth-order valence-electron chi connectivity index (χ4n) is 1.31. The van der Waals surface area contributed by atoms with Gasteiger partial charge in [0.05, 0.1) is 24.2 Å². The van der Waals surface area contributed by atoms with E-state index in [1.165, 1.54) is 6.07 Å². The first kappa shape index (κ1) is 13.5. The molecular formula is C11H14FNO4. The normalized spacial score (nSPS) is 12.4. The van der Waals surface area contributed by atoms with Crippen molar-refractivity contribution in [2.24, 2.45) is 0 Å².